The Morgan fingerprint density at radius 1 is 1.25 bits per heavy atom. The highest BCUT2D eigenvalue weighted by Crippen LogP contribution is 2.28. The number of nitrogen functional groups attached to an aromatic ring is 1. The molecule has 4 heteroatoms. The summed E-state index contributed by atoms with van der Waals surface area (Å²) in [6.07, 6.45) is 0. The Labute approximate surface area is 94.8 Å². The van der Waals surface area contributed by atoms with Crippen LogP contribution >= 0.6 is 0 Å². The number of hydrogen-bond donors (Lipinski definition) is 2. The summed E-state index contributed by atoms with van der Waals surface area (Å²) in [7, 11) is 0. The number of benzene rings is 1. The van der Waals surface area contributed by atoms with Gasteiger partial charge in [0.05, 0.1) is 11.4 Å². The molecule has 0 spiro atoms. The van der Waals surface area contributed by atoms with E-state index in [2.05, 4.69) is 5.32 Å². The minimum absolute atomic E-state index is 0.0275. The van der Waals surface area contributed by atoms with E-state index in [4.69, 9.17) is 5.73 Å². The third kappa shape index (κ3) is 2.84. The highest BCUT2D eigenvalue weighted by atomic mass is 19.2. The van der Waals surface area contributed by atoms with E-state index in [0.29, 0.717) is 6.54 Å². The van der Waals surface area contributed by atoms with Gasteiger partial charge in [0.15, 0.2) is 11.6 Å². The van der Waals surface area contributed by atoms with E-state index in [1.807, 2.05) is 20.8 Å². The second-order valence-electron chi connectivity index (χ2n) is 5.20. The van der Waals surface area contributed by atoms with Gasteiger partial charge in [0, 0.05) is 6.54 Å². The van der Waals surface area contributed by atoms with Crippen LogP contribution in [0, 0.1) is 24.0 Å². The van der Waals surface area contributed by atoms with Gasteiger partial charge in [-0.3, -0.25) is 0 Å². The molecule has 0 atom stereocenters. The van der Waals surface area contributed by atoms with Crippen molar-refractivity contribution in [3.63, 3.8) is 0 Å². The van der Waals surface area contributed by atoms with Gasteiger partial charge in [-0.15, -0.1) is 0 Å². The molecule has 0 bridgehead atoms. The normalized spacial score (nSPS) is 11.6. The van der Waals surface area contributed by atoms with E-state index in [9.17, 15) is 8.78 Å². The molecular weight excluding hydrogens is 210 g/mol. The van der Waals surface area contributed by atoms with E-state index < -0.39 is 11.6 Å². The highest BCUT2D eigenvalue weighted by Gasteiger charge is 2.17. The summed E-state index contributed by atoms with van der Waals surface area (Å²) in [5.74, 6) is -1.74. The first-order valence-electron chi connectivity index (χ1n) is 5.20. The molecule has 0 unspecified atom stereocenters. The summed E-state index contributed by atoms with van der Waals surface area (Å²) in [4.78, 5) is 0. The predicted molar refractivity (Wildman–Crippen MR) is 63.5 cm³/mol. The summed E-state index contributed by atoms with van der Waals surface area (Å²) in [5.41, 5.74) is 6.13. The molecule has 0 radical (unpaired) electrons. The topological polar surface area (TPSA) is 38.0 Å². The van der Waals surface area contributed by atoms with Crippen molar-refractivity contribution in [2.75, 3.05) is 17.6 Å². The van der Waals surface area contributed by atoms with Gasteiger partial charge in [0.25, 0.3) is 0 Å². The van der Waals surface area contributed by atoms with E-state index in [1.54, 1.807) is 0 Å². The van der Waals surface area contributed by atoms with Gasteiger partial charge in [-0.2, -0.15) is 0 Å². The molecule has 90 valence electrons. The highest BCUT2D eigenvalue weighted by molar-refractivity contribution is 5.68. The first-order chi connectivity index (χ1) is 7.22. The zero-order valence-corrected chi connectivity index (χ0v) is 10.1. The van der Waals surface area contributed by atoms with Crippen LogP contribution in [0.2, 0.25) is 0 Å². The van der Waals surface area contributed by atoms with Crippen LogP contribution in [-0.2, 0) is 0 Å². The van der Waals surface area contributed by atoms with Crippen LogP contribution in [0.25, 0.3) is 0 Å². The van der Waals surface area contributed by atoms with Crippen molar-refractivity contribution >= 4 is 11.4 Å². The largest absolute Gasteiger partial charge is 0.397 e. The van der Waals surface area contributed by atoms with Crippen molar-refractivity contribution < 1.29 is 8.78 Å². The van der Waals surface area contributed by atoms with Crippen LogP contribution in [0.3, 0.4) is 0 Å². The van der Waals surface area contributed by atoms with E-state index in [1.165, 1.54) is 13.0 Å². The molecular formula is C12H18F2N2. The average Bonchev–Trinajstić information content (AvgIpc) is 2.12. The first kappa shape index (κ1) is 12.7. The molecule has 0 aliphatic heterocycles. The van der Waals surface area contributed by atoms with E-state index in [0.717, 1.165) is 0 Å². The molecule has 1 aromatic carbocycles. The summed E-state index contributed by atoms with van der Waals surface area (Å²) in [6, 6.07) is 1.43. The quantitative estimate of drug-likeness (QED) is 0.762. The fourth-order valence-electron chi connectivity index (χ4n) is 1.31. The second-order valence-corrected chi connectivity index (χ2v) is 5.20. The zero-order valence-electron chi connectivity index (χ0n) is 10.1. The van der Waals surface area contributed by atoms with Gasteiger partial charge in [-0.1, -0.05) is 20.8 Å². The molecule has 16 heavy (non-hydrogen) atoms. The third-order valence-electron chi connectivity index (χ3n) is 2.21. The standard InChI is InChI=1S/C12H18F2N2/c1-7-5-8(15)11(10(14)9(7)13)16-6-12(2,3)4/h5,16H,6,15H2,1-4H3. The van der Waals surface area contributed by atoms with Crippen molar-refractivity contribution in [3.8, 4) is 0 Å². The van der Waals surface area contributed by atoms with Crippen LogP contribution in [0.1, 0.15) is 26.3 Å². The first-order valence-corrected chi connectivity index (χ1v) is 5.20. The van der Waals surface area contributed by atoms with Crippen molar-refractivity contribution in [1.82, 2.24) is 0 Å². The summed E-state index contributed by atoms with van der Waals surface area (Å²) >= 11 is 0. The monoisotopic (exact) mass is 228 g/mol. The lowest BCUT2D eigenvalue weighted by atomic mass is 9.97. The molecule has 1 aromatic rings. The Hall–Kier alpha value is -1.32. The third-order valence-corrected chi connectivity index (χ3v) is 2.21. The SMILES string of the molecule is Cc1cc(N)c(NCC(C)(C)C)c(F)c1F. The Morgan fingerprint density at radius 2 is 1.81 bits per heavy atom. The van der Waals surface area contributed by atoms with Crippen molar-refractivity contribution in [3.05, 3.63) is 23.3 Å². The van der Waals surface area contributed by atoms with Crippen LogP contribution in [0.4, 0.5) is 20.2 Å². The fraction of sp³-hybridized carbons (Fsp3) is 0.500. The average molecular weight is 228 g/mol. The Kier molecular flexibility index (Phi) is 3.41. The maximum Gasteiger partial charge on any atom is 0.184 e. The number of hydrogen-bond acceptors (Lipinski definition) is 2. The second kappa shape index (κ2) is 4.28. The minimum atomic E-state index is -0.901. The minimum Gasteiger partial charge on any atom is -0.397 e. The summed E-state index contributed by atoms with van der Waals surface area (Å²) in [5, 5.41) is 2.85. The van der Waals surface area contributed by atoms with Crippen LogP contribution < -0.4 is 11.1 Å². The van der Waals surface area contributed by atoms with Crippen LogP contribution in [0.15, 0.2) is 6.07 Å². The maximum atomic E-state index is 13.6. The molecule has 0 aliphatic carbocycles. The molecule has 3 N–H and O–H groups in total. The maximum absolute atomic E-state index is 13.6. The number of halogens is 2. The van der Waals surface area contributed by atoms with Crippen LogP contribution in [-0.4, -0.2) is 6.54 Å². The van der Waals surface area contributed by atoms with Gasteiger partial charge in [-0.05, 0) is 24.0 Å². The molecule has 0 saturated carbocycles. The molecule has 1 rings (SSSR count). The van der Waals surface area contributed by atoms with Crippen molar-refractivity contribution in [2.24, 2.45) is 5.41 Å². The lowest BCUT2D eigenvalue weighted by Crippen LogP contribution is -2.20. The molecule has 0 aliphatic rings. The smallest absolute Gasteiger partial charge is 0.184 e. The van der Waals surface area contributed by atoms with E-state index in [-0.39, 0.29) is 22.4 Å². The Bertz CT molecular complexity index is 395. The molecule has 2 nitrogen and oxygen atoms in total. The molecule has 0 saturated heterocycles. The summed E-state index contributed by atoms with van der Waals surface area (Å²) in [6.45, 7) is 8.01. The predicted octanol–water partition coefficient (Wildman–Crippen LogP) is 3.31. The summed E-state index contributed by atoms with van der Waals surface area (Å²) < 4.78 is 26.9. The number of rotatable bonds is 2. The van der Waals surface area contributed by atoms with Crippen molar-refractivity contribution in [1.29, 1.82) is 0 Å². The van der Waals surface area contributed by atoms with E-state index >= 15 is 0 Å². The van der Waals surface area contributed by atoms with Gasteiger partial charge in [-0.25, -0.2) is 8.78 Å². The zero-order chi connectivity index (χ0) is 12.5. The van der Waals surface area contributed by atoms with Gasteiger partial charge < -0.3 is 11.1 Å². The number of nitrogens with two attached hydrogens (primary N) is 1. The lowest BCUT2D eigenvalue weighted by Gasteiger charge is -2.21. The molecule has 0 heterocycles. The Balaban J connectivity index is 3.01. The number of nitrogens with one attached hydrogen (secondary N) is 1. The Morgan fingerprint density at radius 3 is 2.31 bits per heavy atom. The van der Waals surface area contributed by atoms with Gasteiger partial charge >= 0.3 is 0 Å². The van der Waals surface area contributed by atoms with Crippen LogP contribution in [0.5, 0.6) is 0 Å². The van der Waals surface area contributed by atoms with Gasteiger partial charge in [0.2, 0.25) is 0 Å². The molecule has 0 fully saturated rings. The molecule has 0 amide bonds. The van der Waals surface area contributed by atoms with Gasteiger partial charge in [0.1, 0.15) is 0 Å². The number of aryl methyl sites for hydroxylation is 1. The fourth-order valence-corrected chi connectivity index (χ4v) is 1.31. The molecule has 0 aromatic heterocycles. The number of anilines is 2. The van der Waals surface area contributed by atoms with Crippen molar-refractivity contribution in [2.45, 2.75) is 27.7 Å². The lowest BCUT2D eigenvalue weighted by molar-refractivity contribution is 0.440.